The number of ether oxygens (including phenoxy) is 2. The Morgan fingerprint density at radius 3 is 2.73 bits per heavy atom. The molecule has 0 saturated carbocycles. The molecule has 0 spiro atoms. The van der Waals surface area contributed by atoms with Crippen molar-refractivity contribution in [3.05, 3.63) is 29.6 Å². The molecule has 3 nitrogen and oxygen atoms in total. The quantitative estimate of drug-likeness (QED) is 0.798. The van der Waals surface area contributed by atoms with Gasteiger partial charge in [0.05, 0.1) is 19.9 Å². The number of nitrogens with zero attached hydrogens (tertiary/aromatic N) is 1. The van der Waals surface area contributed by atoms with Gasteiger partial charge in [-0.05, 0) is 12.1 Å². The molecular formula is C11H11NO2S. The van der Waals surface area contributed by atoms with Crippen LogP contribution >= 0.6 is 11.3 Å². The Hall–Kier alpha value is -1.55. The molecule has 15 heavy (non-hydrogen) atoms. The maximum atomic E-state index is 5.15. The van der Waals surface area contributed by atoms with E-state index in [0.717, 1.165) is 17.0 Å². The first-order valence-corrected chi connectivity index (χ1v) is 5.35. The van der Waals surface area contributed by atoms with Crippen molar-refractivity contribution in [3.63, 3.8) is 0 Å². The van der Waals surface area contributed by atoms with Crippen molar-refractivity contribution < 1.29 is 9.47 Å². The van der Waals surface area contributed by atoms with Gasteiger partial charge in [0.2, 0.25) is 0 Å². The van der Waals surface area contributed by atoms with Crippen molar-refractivity contribution in [3.8, 4) is 22.2 Å². The highest BCUT2D eigenvalue weighted by atomic mass is 32.1. The summed E-state index contributed by atoms with van der Waals surface area (Å²) in [6, 6.07) is 7.80. The summed E-state index contributed by atoms with van der Waals surface area (Å²) in [6.45, 7) is 0. The monoisotopic (exact) mass is 221 g/mol. The summed E-state index contributed by atoms with van der Waals surface area (Å²) in [7, 11) is 3.27. The Morgan fingerprint density at radius 2 is 2.07 bits per heavy atom. The van der Waals surface area contributed by atoms with Crippen molar-refractivity contribution in [1.29, 1.82) is 0 Å². The number of aromatic nitrogens is 1. The Kier molecular flexibility index (Phi) is 2.87. The van der Waals surface area contributed by atoms with Crippen molar-refractivity contribution in [2.75, 3.05) is 14.2 Å². The summed E-state index contributed by atoms with van der Waals surface area (Å²) in [5.74, 6) is 0.833. The summed E-state index contributed by atoms with van der Waals surface area (Å²) in [6.07, 6.45) is 0. The van der Waals surface area contributed by atoms with E-state index < -0.39 is 0 Å². The van der Waals surface area contributed by atoms with Gasteiger partial charge in [-0.1, -0.05) is 23.5 Å². The highest BCUT2D eigenvalue weighted by molar-refractivity contribution is 7.11. The zero-order chi connectivity index (χ0) is 10.7. The van der Waals surface area contributed by atoms with Gasteiger partial charge in [0.25, 0.3) is 5.19 Å². The third kappa shape index (κ3) is 2.10. The molecule has 0 N–H and O–H groups in total. The Balaban J connectivity index is 2.35. The van der Waals surface area contributed by atoms with Crippen LogP contribution in [0.1, 0.15) is 0 Å². The molecule has 1 aromatic heterocycles. The first kappa shape index (κ1) is 9.98. The van der Waals surface area contributed by atoms with Crippen LogP contribution in [0, 0.1) is 0 Å². The van der Waals surface area contributed by atoms with Crippen molar-refractivity contribution in [2.45, 2.75) is 0 Å². The molecule has 1 aromatic carbocycles. The van der Waals surface area contributed by atoms with Crippen LogP contribution in [0.5, 0.6) is 10.9 Å². The molecule has 0 unspecified atom stereocenters. The smallest absolute Gasteiger partial charge is 0.273 e. The highest BCUT2D eigenvalue weighted by Gasteiger charge is 2.04. The first-order valence-electron chi connectivity index (χ1n) is 4.47. The van der Waals surface area contributed by atoms with Gasteiger partial charge in [-0.2, -0.15) is 0 Å². The first-order chi connectivity index (χ1) is 7.33. The SMILES string of the molecule is COc1cccc(-c2csc(OC)n2)c1. The molecule has 0 saturated heterocycles. The lowest BCUT2D eigenvalue weighted by Crippen LogP contribution is -1.84. The van der Waals surface area contributed by atoms with Gasteiger partial charge in [-0.15, -0.1) is 0 Å². The summed E-state index contributed by atoms with van der Waals surface area (Å²) >= 11 is 1.48. The molecule has 0 amide bonds. The second-order valence-corrected chi connectivity index (χ2v) is 3.76. The maximum Gasteiger partial charge on any atom is 0.273 e. The normalized spacial score (nSPS) is 10.0. The lowest BCUT2D eigenvalue weighted by molar-refractivity contribution is 0.412. The van der Waals surface area contributed by atoms with Gasteiger partial charge in [0.1, 0.15) is 5.75 Å². The minimum atomic E-state index is 0.674. The molecule has 0 atom stereocenters. The van der Waals surface area contributed by atoms with E-state index in [-0.39, 0.29) is 0 Å². The number of rotatable bonds is 3. The largest absolute Gasteiger partial charge is 0.497 e. The average Bonchev–Trinajstić information content (AvgIpc) is 2.78. The standard InChI is InChI=1S/C11H11NO2S/c1-13-9-5-3-4-8(6-9)10-7-15-11(12-10)14-2/h3-7H,1-2H3. The van der Waals surface area contributed by atoms with Crippen LogP contribution < -0.4 is 9.47 Å². The third-order valence-corrected chi connectivity index (χ3v) is 2.82. The summed E-state index contributed by atoms with van der Waals surface area (Å²) in [5, 5.41) is 2.64. The molecule has 78 valence electrons. The van der Waals surface area contributed by atoms with Crippen LogP contribution in [-0.4, -0.2) is 19.2 Å². The van der Waals surface area contributed by atoms with Crippen LogP contribution in [-0.2, 0) is 0 Å². The fraction of sp³-hybridized carbons (Fsp3) is 0.182. The molecule has 0 aliphatic heterocycles. The highest BCUT2D eigenvalue weighted by Crippen LogP contribution is 2.28. The van der Waals surface area contributed by atoms with Crippen molar-refractivity contribution in [1.82, 2.24) is 4.98 Å². The van der Waals surface area contributed by atoms with E-state index in [1.165, 1.54) is 11.3 Å². The Labute approximate surface area is 92.3 Å². The predicted octanol–water partition coefficient (Wildman–Crippen LogP) is 2.83. The van der Waals surface area contributed by atoms with Gasteiger partial charge in [0.15, 0.2) is 0 Å². The zero-order valence-corrected chi connectivity index (χ0v) is 9.38. The minimum Gasteiger partial charge on any atom is -0.497 e. The van der Waals surface area contributed by atoms with Gasteiger partial charge >= 0.3 is 0 Å². The summed E-state index contributed by atoms with van der Waals surface area (Å²) in [4.78, 5) is 4.32. The summed E-state index contributed by atoms with van der Waals surface area (Å²) < 4.78 is 10.2. The number of thiazole rings is 1. The Morgan fingerprint density at radius 1 is 1.20 bits per heavy atom. The van der Waals surface area contributed by atoms with Gasteiger partial charge in [-0.25, -0.2) is 4.98 Å². The fourth-order valence-corrected chi connectivity index (χ4v) is 1.91. The van der Waals surface area contributed by atoms with Crippen LogP contribution in [0.15, 0.2) is 29.6 Å². The molecule has 0 aliphatic rings. The second-order valence-electron chi connectivity index (χ2n) is 2.93. The molecule has 2 rings (SSSR count). The molecule has 0 bridgehead atoms. The van der Waals surface area contributed by atoms with Gasteiger partial charge in [-0.3, -0.25) is 0 Å². The average molecular weight is 221 g/mol. The van der Waals surface area contributed by atoms with E-state index in [2.05, 4.69) is 4.98 Å². The molecular weight excluding hydrogens is 210 g/mol. The predicted molar refractivity (Wildman–Crippen MR) is 60.7 cm³/mol. The summed E-state index contributed by atoms with van der Waals surface area (Å²) in [5.41, 5.74) is 1.95. The maximum absolute atomic E-state index is 5.15. The Bertz CT molecular complexity index is 453. The number of hydrogen-bond acceptors (Lipinski definition) is 4. The van der Waals surface area contributed by atoms with E-state index in [1.807, 2.05) is 29.6 Å². The van der Waals surface area contributed by atoms with Crippen molar-refractivity contribution >= 4 is 11.3 Å². The minimum absolute atomic E-state index is 0.674. The van der Waals surface area contributed by atoms with Crippen molar-refractivity contribution in [2.24, 2.45) is 0 Å². The number of hydrogen-bond donors (Lipinski definition) is 0. The van der Waals surface area contributed by atoms with Crippen LogP contribution in [0.3, 0.4) is 0 Å². The lowest BCUT2D eigenvalue weighted by Gasteiger charge is -2.01. The van der Waals surface area contributed by atoms with Crippen LogP contribution in [0.25, 0.3) is 11.3 Å². The van der Waals surface area contributed by atoms with Crippen LogP contribution in [0.2, 0.25) is 0 Å². The van der Waals surface area contributed by atoms with Gasteiger partial charge in [0, 0.05) is 10.9 Å². The molecule has 0 aliphatic carbocycles. The molecule has 1 heterocycles. The van der Waals surface area contributed by atoms with E-state index >= 15 is 0 Å². The fourth-order valence-electron chi connectivity index (χ4n) is 1.27. The zero-order valence-electron chi connectivity index (χ0n) is 8.56. The molecule has 0 fully saturated rings. The van der Waals surface area contributed by atoms with E-state index in [9.17, 15) is 0 Å². The van der Waals surface area contributed by atoms with Gasteiger partial charge < -0.3 is 9.47 Å². The van der Waals surface area contributed by atoms with E-state index in [4.69, 9.17) is 9.47 Å². The molecule has 2 aromatic rings. The van der Waals surface area contributed by atoms with E-state index in [1.54, 1.807) is 14.2 Å². The molecule has 0 radical (unpaired) electrons. The number of benzene rings is 1. The second kappa shape index (κ2) is 4.31. The van der Waals surface area contributed by atoms with E-state index in [0.29, 0.717) is 5.19 Å². The topological polar surface area (TPSA) is 31.4 Å². The lowest BCUT2D eigenvalue weighted by atomic mass is 10.2. The molecule has 4 heteroatoms. The van der Waals surface area contributed by atoms with Crippen LogP contribution in [0.4, 0.5) is 0 Å². The number of methoxy groups -OCH3 is 2. The third-order valence-electron chi connectivity index (χ3n) is 2.02.